The minimum Gasteiger partial charge on any atom is -0.369 e. The molecular formula is C2H10Cl2N6. The van der Waals surface area contributed by atoms with Crippen molar-refractivity contribution in [2.45, 2.75) is 0 Å². The van der Waals surface area contributed by atoms with Crippen molar-refractivity contribution in [3.05, 3.63) is 0 Å². The molecule has 0 rings (SSSR count). The summed E-state index contributed by atoms with van der Waals surface area (Å²) in [6, 6.07) is 0. The highest BCUT2D eigenvalue weighted by Crippen LogP contribution is 1.50. The summed E-state index contributed by atoms with van der Waals surface area (Å²) in [4.78, 5) is 0. The second kappa shape index (κ2) is 8.12. The molecule has 0 heterocycles. The maximum absolute atomic E-state index is 6.54. The average molecular weight is 189 g/mol. The van der Waals surface area contributed by atoms with Gasteiger partial charge in [0.25, 0.3) is 0 Å². The molecule has 0 spiro atoms. The van der Waals surface area contributed by atoms with Crippen LogP contribution in [0.1, 0.15) is 0 Å². The van der Waals surface area contributed by atoms with Gasteiger partial charge in [0, 0.05) is 0 Å². The smallest absolute Gasteiger partial charge is 0.208 e. The van der Waals surface area contributed by atoms with E-state index in [-0.39, 0.29) is 36.7 Å². The molecule has 6 nitrogen and oxygen atoms in total. The van der Waals surface area contributed by atoms with E-state index in [2.05, 4.69) is 5.10 Å². The summed E-state index contributed by atoms with van der Waals surface area (Å²) < 4.78 is 0. The zero-order valence-corrected chi connectivity index (χ0v) is 6.63. The maximum atomic E-state index is 6.54. The minimum absolute atomic E-state index is 0. The van der Waals surface area contributed by atoms with Gasteiger partial charge in [0.05, 0.1) is 0 Å². The predicted molar refractivity (Wildman–Crippen MR) is 45.4 cm³/mol. The number of hydrogen-bond donors (Lipinski definition) is 5. The molecule has 0 saturated heterocycles. The molecule has 0 aromatic rings. The molecule has 0 aliphatic rings. The standard InChI is InChI=1S/C2H8N6.2ClH/c3-1(4)7-8-2(5)6;;/h(H4,3,4,7)(H4,5,6,8);2*1H. The van der Waals surface area contributed by atoms with Crippen LogP contribution in [-0.2, 0) is 0 Å². The molecule has 10 heavy (non-hydrogen) atoms. The number of halogens is 2. The van der Waals surface area contributed by atoms with E-state index in [0.717, 1.165) is 0 Å². The van der Waals surface area contributed by atoms with Gasteiger partial charge >= 0.3 is 0 Å². The number of guanidine groups is 2. The topological polar surface area (TPSA) is 126 Å². The lowest BCUT2D eigenvalue weighted by Crippen LogP contribution is -2.32. The lowest BCUT2D eigenvalue weighted by molar-refractivity contribution is 0.983. The van der Waals surface area contributed by atoms with E-state index in [4.69, 9.17) is 22.6 Å². The van der Waals surface area contributed by atoms with Gasteiger partial charge in [-0.2, -0.15) is 0 Å². The van der Waals surface area contributed by atoms with Crippen LogP contribution in [-0.4, -0.2) is 11.9 Å². The summed E-state index contributed by atoms with van der Waals surface area (Å²) in [6.45, 7) is 0. The molecule has 0 fully saturated rings. The van der Waals surface area contributed by atoms with Crippen LogP contribution >= 0.6 is 24.8 Å². The SMILES string of the molecule is Cl.Cl.N=C(N)NN=C(N)N. The van der Waals surface area contributed by atoms with Crippen molar-refractivity contribution in [1.29, 1.82) is 5.41 Å². The summed E-state index contributed by atoms with van der Waals surface area (Å²) in [5.41, 5.74) is 16.5. The quantitative estimate of drug-likeness (QED) is 0.195. The number of hydrazone groups is 1. The van der Waals surface area contributed by atoms with Crippen molar-refractivity contribution in [2.75, 3.05) is 0 Å². The zero-order chi connectivity index (χ0) is 6.57. The van der Waals surface area contributed by atoms with Crippen LogP contribution in [0.3, 0.4) is 0 Å². The Bertz CT molecular complexity index is 117. The normalized spacial score (nSPS) is 6.00. The average Bonchev–Trinajstić information content (AvgIpc) is 1.61. The Morgan fingerprint density at radius 3 is 1.70 bits per heavy atom. The van der Waals surface area contributed by atoms with Gasteiger partial charge in [-0.15, -0.1) is 29.9 Å². The molecule has 0 aliphatic heterocycles. The van der Waals surface area contributed by atoms with Crippen molar-refractivity contribution in [3.8, 4) is 0 Å². The van der Waals surface area contributed by atoms with Gasteiger partial charge in [0.15, 0.2) is 0 Å². The second-order valence-electron chi connectivity index (χ2n) is 1.06. The van der Waals surface area contributed by atoms with E-state index in [1.165, 1.54) is 0 Å². The van der Waals surface area contributed by atoms with E-state index in [1.807, 2.05) is 5.43 Å². The number of rotatable bonds is 1. The highest BCUT2D eigenvalue weighted by Gasteiger charge is 1.79. The van der Waals surface area contributed by atoms with Gasteiger partial charge in [-0.25, -0.2) is 5.43 Å². The molecule has 8 N–H and O–H groups in total. The number of nitrogens with one attached hydrogen (secondary N) is 2. The summed E-state index contributed by atoms with van der Waals surface area (Å²) in [7, 11) is 0. The van der Waals surface area contributed by atoms with Crippen LogP contribution in [0.5, 0.6) is 0 Å². The lowest BCUT2D eigenvalue weighted by atomic mass is 11.0. The fourth-order valence-corrected chi connectivity index (χ4v) is 0.125. The predicted octanol–water partition coefficient (Wildman–Crippen LogP) is -1.50. The Kier molecular flexibility index (Phi) is 13.0. The summed E-state index contributed by atoms with van der Waals surface area (Å²) in [6.07, 6.45) is 0. The molecule has 0 aliphatic carbocycles. The second-order valence-corrected chi connectivity index (χ2v) is 1.06. The van der Waals surface area contributed by atoms with E-state index < -0.39 is 0 Å². The van der Waals surface area contributed by atoms with Crippen LogP contribution < -0.4 is 22.6 Å². The van der Waals surface area contributed by atoms with Gasteiger partial charge in [-0.1, -0.05) is 0 Å². The first kappa shape index (κ1) is 16.1. The van der Waals surface area contributed by atoms with E-state index in [0.29, 0.717) is 0 Å². The van der Waals surface area contributed by atoms with Crippen molar-refractivity contribution in [2.24, 2.45) is 22.3 Å². The van der Waals surface area contributed by atoms with Crippen LogP contribution in [0.15, 0.2) is 5.10 Å². The minimum atomic E-state index is -0.293. The lowest BCUT2D eigenvalue weighted by Gasteiger charge is -1.92. The van der Waals surface area contributed by atoms with Gasteiger partial charge in [0.2, 0.25) is 11.9 Å². The number of hydrogen-bond acceptors (Lipinski definition) is 2. The fraction of sp³-hybridized carbons (Fsp3) is 0. The van der Waals surface area contributed by atoms with Gasteiger partial charge in [-0.05, 0) is 0 Å². The molecule has 0 radical (unpaired) electrons. The molecule has 0 unspecified atom stereocenters. The van der Waals surface area contributed by atoms with Crippen LogP contribution in [0.4, 0.5) is 0 Å². The third kappa shape index (κ3) is 15.7. The molecule has 0 aromatic carbocycles. The first-order valence-corrected chi connectivity index (χ1v) is 1.81. The van der Waals surface area contributed by atoms with Crippen LogP contribution in [0, 0.1) is 5.41 Å². The molecule has 0 aromatic heterocycles. The molecular weight excluding hydrogens is 179 g/mol. The van der Waals surface area contributed by atoms with E-state index in [1.54, 1.807) is 0 Å². The van der Waals surface area contributed by atoms with E-state index in [9.17, 15) is 0 Å². The van der Waals surface area contributed by atoms with Crippen LogP contribution in [0.25, 0.3) is 0 Å². The van der Waals surface area contributed by atoms with Gasteiger partial charge in [0.1, 0.15) is 0 Å². The third-order valence-corrected chi connectivity index (χ3v) is 0.305. The van der Waals surface area contributed by atoms with Crippen molar-refractivity contribution in [3.63, 3.8) is 0 Å². The van der Waals surface area contributed by atoms with Crippen molar-refractivity contribution < 1.29 is 0 Å². The summed E-state index contributed by atoms with van der Waals surface area (Å²) >= 11 is 0. The Labute approximate surface area is 70.5 Å². The Balaban J connectivity index is -0.000000245. The highest BCUT2D eigenvalue weighted by molar-refractivity contribution is 5.85. The molecule has 0 amide bonds. The van der Waals surface area contributed by atoms with Gasteiger partial charge in [-0.3, -0.25) is 5.41 Å². The Morgan fingerprint density at radius 2 is 1.60 bits per heavy atom. The first-order chi connectivity index (χ1) is 3.63. The van der Waals surface area contributed by atoms with Gasteiger partial charge < -0.3 is 17.2 Å². The van der Waals surface area contributed by atoms with Crippen molar-refractivity contribution in [1.82, 2.24) is 5.43 Å². The fourth-order valence-electron chi connectivity index (χ4n) is 0.125. The number of nitrogens with two attached hydrogens (primary N) is 3. The first-order valence-electron chi connectivity index (χ1n) is 1.81. The Morgan fingerprint density at radius 1 is 1.20 bits per heavy atom. The van der Waals surface area contributed by atoms with Crippen LogP contribution in [0.2, 0.25) is 0 Å². The Hall–Kier alpha value is -0.880. The molecule has 8 heteroatoms. The zero-order valence-electron chi connectivity index (χ0n) is 5.00. The maximum Gasteiger partial charge on any atom is 0.208 e. The van der Waals surface area contributed by atoms with E-state index >= 15 is 0 Å². The largest absolute Gasteiger partial charge is 0.369 e. The molecule has 0 saturated carbocycles. The monoisotopic (exact) mass is 188 g/mol. The number of nitrogens with zero attached hydrogens (tertiary/aromatic N) is 1. The molecule has 0 bridgehead atoms. The summed E-state index contributed by atoms with van der Waals surface area (Å²) in [5.74, 6) is -0.446. The van der Waals surface area contributed by atoms with Crippen molar-refractivity contribution >= 4 is 36.7 Å². The molecule has 62 valence electrons. The summed E-state index contributed by atoms with van der Waals surface area (Å²) in [5, 5.41) is 9.73. The highest BCUT2D eigenvalue weighted by atomic mass is 35.5. The molecule has 0 atom stereocenters. The third-order valence-electron chi connectivity index (χ3n) is 0.305.